The Hall–Kier alpha value is -3.26. The molecule has 7 nitrogen and oxygen atoms in total. The summed E-state index contributed by atoms with van der Waals surface area (Å²) in [5, 5.41) is 3.09. The highest BCUT2D eigenvalue weighted by molar-refractivity contribution is 8.18. The van der Waals surface area contributed by atoms with Crippen molar-refractivity contribution in [3.8, 4) is 11.5 Å². The first-order chi connectivity index (χ1) is 13.5. The van der Waals surface area contributed by atoms with E-state index in [4.69, 9.17) is 14.2 Å². The lowest BCUT2D eigenvalue weighted by Crippen LogP contribution is -2.19. The van der Waals surface area contributed by atoms with Gasteiger partial charge in [0, 0.05) is 0 Å². The molecule has 8 heteroatoms. The van der Waals surface area contributed by atoms with Crippen molar-refractivity contribution in [2.75, 3.05) is 21.3 Å². The van der Waals surface area contributed by atoms with Crippen molar-refractivity contribution in [2.24, 2.45) is 4.99 Å². The maximum atomic E-state index is 12.3. The van der Waals surface area contributed by atoms with Gasteiger partial charge in [0.15, 0.2) is 16.7 Å². The van der Waals surface area contributed by atoms with Crippen LogP contribution in [0.15, 0.2) is 52.4 Å². The fourth-order valence-electron chi connectivity index (χ4n) is 2.54. The smallest absolute Gasteiger partial charge is 0.340 e. The van der Waals surface area contributed by atoms with Crippen molar-refractivity contribution >= 4 is 40.6 Å². The second-order valence-corrected chi connectivity index (χ2v) is 6.64. The summed E-state index contributed by atoms with van der Waals surface area (Å²) in [6, 6.07) is 12.1. The molecule has 144 valence electrons. The second kappa shape index (κ2) is 8.62. The number of ether oxygens (including phenoxy) is 3. The van der Waals surface area contributed by atoms with Gasteiger partial charge < -0.3 is 19.5 Å². The number of hydrogen-bond acceptors (Lipinski definition) is 7. The summed E-state index contributed by atoms with van der Waals surface area (Å²) in [5.74, 6) is 0.417. The van der Waals surface area contributed by atoms with Gasteiger partial charge in [0.05, 0.1) is 37.5 Å². The Kier molecular flexibility index (Phi) is 6.00. The van der Waals surface area contributed by atoms with Crippen LogP contribution in [0.2, 0.25) is 0 Å². The highest BCUT2D eigenvalue weighted by Gasteiger charge is 2.24. The van der Waals surface area contributed by atoms with Crippen LogP contribution in [0.1, 0.15) is 15.9 Å². The summed E-state index contributed by atoms with van der Waals surface area (Å²) in [4.78, 5) is 29.0. The number of benzene rings is 2. The summed E-state index contributed by atoms with van der Waals surface area (Å²) in [6.45, 7) is 0. The Bertz CT molecular complexity index is 984. The van der Waals surface area contributed by atoms with Crippen LogP contribution in [0.3, 0.4) is 0 Å². The number of amidine groups is 1. The maximum absolute atomic E-state index is 12.3. The predicted octanol–water partition coefficient (Wildman–Crippen LogP) is 3.38. The fourth-order valence-corrected chi connectivity index (χ4v) is 3.37. The molecule has 1 aliphatic rings. The van der Waals surface area contributed by atoms with E-state index in [1.165, 1.54) is 18.9 Å². The summed E-state index contributed by atoms with van der Waals surface area (Å²) in [5.41, 5.74) is 1.53. The van der Waals surface area contributed by atoms with E-state index in [-0.39, 0.29) is 5.91 Å². The molecule has 1 aliphatic heterocycles. The van der Waals surface area contributed by atoms with Gasteiger partial charge in [0.2, 0.25) is 0 Å². The first-order valence-corrected chi connectivity index (χ1v) is 9.06. The molecule has 0 aliphatic carbocycles. The summed E-state index contributed by atoms with van der Waals surface area (Å²) >= 11 is 1.19. The van der Waals surface area contributed by atoms with Crippen LogP contribution in [-0.4, -0.2) is 38.4 Å². The van der Waals surface area contributed by atoms with Crippen molar-refractivity contribution in [1.82, 2.24) is 5.32 Å². The molecule has 0 atom stereocenters. The van der Waals surface area contributed by atoms with Gasteiger partial charge in [0.25, 0.3) is 5.91 Å². The average molecular weight is 398 g/mol. The molecule has 0 aromatic heterocycles. The van der Waals surface area contributed by atoms with Crippen molar-refractivity contribution in [3.05, 3.63) is 58.5 Å². The Balaban J connectivity index is 1.87. The van der Waals surface area contributed by atoms with Gasteiger partial charge in [-0.05, 0) is 47.7 Å². The molecule has 0 saturated carbocycles. The normalized spacial score (nSPS) is 16.2. The number of hydrogen-bond donors (Lipinski definition) is 1. The molecule has 1 saturated heterocycles. The van der Waals surface area contributed by atoms with E-state index in [1.54, 1.807) is 56.7 Å². The van der Waals surface area contributed by atoms with E-state index in [0.717, 1.165) is 5.56 Å². The standard InChI is InChI=1S/C20H18N2O5S/c1-25-15-9-8-12(10-16(15)26-2)11-17-18(23)22-20(28-17)21-14-7-5-4-6-13(14)19(24)27-3/h4-11H,1-3H3,(H,21,22,23)/b17-11-. The van der Waals surface area contributed by atoms with Gasteiger partial charge in [-0.15, -0.1) is 0 Å². The zero-order chi connectivity index (χ0) is 20.1. The minimum absolute atomic E-state index is 0.269. The molecule has 2 aromatic carbocycles. The van der Waals surface area contributed by atoms with Crippen molar-refractivity contribution in [2.45, 2.75) is 0 Å². The Morgan fingerprint density at radius 2 is 1.82 bits per heavy atom. The lowest BCUT2D eigenvalue weighted by atomic mass is 10.2. The van der Waals surface area contributed by atoms with Gasteiger partial charge in [0.1, 0.15) is 0 Å². The van der Waals surface area contributed by atoms with Gasteiger partial charge in [-0.1, -0.05) is 18.2 Å². The first kappa shape index (κ1) is 19.5. The van der Waals surface area contributed by atoms with Crippen molar-refractivity contribution in [1.29, 1.82) is 0 Å². The number of aliphatic imine (C=N–C) groups is 1. The van der Waals surface area contributed by atoms with Gasteiger partial charge in [-0.3, -0.25) is 4.79 Å². The topological polar surface area (TPSA) is 86.2 Å². The average Bonchev–Trinajstić information content (AvgIpc) is 3.06. The van der Waals surface area contributed by atoms with E-state index in [2.05, 4.69) is 10.3 Å². The number of nitrogens with zero attached hydrogens (tertiary/aromatic N) is 1. The van der Waals surface area contributed by atoms with Crippen LogP contribution in [0, 0.1) is 0 Å². The molecule has 0 spiro atoms. The monoisotopic (exact) mass is 398 g/mol. The predicted molar refractivity (Wildman–Crippen MR) is 108 cm³/mol. The lowest BCUT2D eigenvalue weighted by molar-refractivity contribution is -0.115. The third-order valence-electron chi connectivity index (χ3n) is 3.89. The van der Waals surface area contributed by atoms with Crippen molar-refractivity contribution < 1.29 is 23.8 Å². The summed E-state index contributed by atoms with van der Waals surface area (Å²) < 4.78 is 15.3. The third kappa shape index (κ3) is 4.17. The quantitative estimate of drug-likeness (QED) is 0.614. The van der Waals surface area contributed by atoms with Gasteiger partial charge in [-0.2, -0.15) is 0 Å². The van der Waals surface area contributed by atoms with Crippen LogP contribution < -0.4 is 14.8 Å². The molecule has 1 fully saturated rings. The summed E-state index contributed by atoms with van der Waals surface area (Å²) in [6.07, 6.45) is 1.73. The number of nitrogens with one attached hydrogen (secondary N) is 1. The molecular weight excluding hydrogens is 380 g/mol. The number of para-hydroxylation sites is 1. The molecule has 1 amide bonds. The fraction of sp³-hybridized carbons (Fsp3) is 0.150. The highest BCUT2D eigenvalue weighted by Crippen LogP contribution is 2.32. The molecular formula is C20H18N2O5S. The molecule has 0 bridgehead atoms. The first-order valence-electron chi connectivity index (χ1n) is 8.24. The summed E-state index contributed by atoms with van der Waals surface area (Å²) in [7, 11) is 4.42. The van der Waals surface area contributed by atoms with E-state index < -0.39 is 5.97 Å². The molecule has 1 heterocycles. The van der Waals surface area contributed by atoms with Crippen LogP contribution in [0.4, 0.5) is 5.69 Å². The molecule has 28 heavy (non-hydrogen) atoms. The maximum Gasteiger partial charge on any atom is 0.340 e. The van der Waals surface area contributed by atoms with Gasteiger partial charge in [-0.25, -0.2) is 9.79 Å². The Labute approximate surface area is 166 Å². The number of carbonyl (C=O) groups is 2. The Morgan fingerprint density at radius 1 is 1.07 bits per heavy atom. The van der Waals surface area contributed by atoms with E-state index in [9.17, 15) is 9.59 Å². The SMILES string of the molecule is COC(=O)c1ccccc1N=C1NC(=O)/C(=C/c2ccc(OC)c(OC)c2)S1. The van der Waals surface area contributed by atoms with Crippen molar-refractivity contribution in [3.63, 3.8) is 0 Å². The van der Waals surface area contributed by atoms with E-state index in [1.807, 2.05) is 6.07 Å². The van der Waals surface area contributed by atoms with Crippen LogP contribution in [0.25, 0.3) is 6.08 Å². The zero-order valence-corrected chi connectivity index (χ0v) is 16.3. The molecule has 2 aromatic rings. The van der Waals surface area contributed by atoms with E-state index in [0.29, 0.717) is 32.8 Å². The van der Waals surface area contributed by atoms with Gasteiger partial charge >= 0.3 is 5.97 Å². The lowest BCUT2D eigenvalue weighted by Gasteiger charge is -2.07. The number of carbonyl (C=O) groups excluding carboxylic acids is 2. The van der Waals surface area contributed by atoms with Crippen LogP contribution in [0.5, 0.6) is 11.5 Å². The number of methoxy groups -OCH3 is 3. The zero-order valence-electron chi connectivity index (χ0n) is 15.5. The number of esters is 1. The Morgan fingerprint density at radius 3 is 2.54 bits per heavy atom. The molecule has 3 rings (SSSR count). The number of amides is 1. The highest BCUT2D eigenvalue weighted by atomic mass is 32.2. The minimum Gasteiger partial charge on any atom is -0.493 e. The second-order valence-electron chi connectivity index (χ2n) is 5.60. The molecule has 0 unspecified atom stereocenters. The molecule has 0 radical (unpaired) electrons. The number of rotatable bonds is 5. The largest absolute Gasteiger partial charge is 0.493 e. The van der Waals surface area contributed by atoms with Crippen LogP contribution in [-0.2, 0) is 9.53 Å². The van der Waals surface area contributed by atoms with E-state index >= 15 is 0 Å². The minimum atomic E-state index is -0.490. The molecule has 1 N–H and O–H groups in total. The third-order valence-corrected chi connectivity index (χ3v) is 4.80. The number of thioether (sulfide) groups is 1. The van der Waals surface area contributed by atoms with Crippen LogP contribution >= 0.6 is 11.8 Å².